The predicted molar refractivity (Wildman–Crippen MR) is 84.3 cm³/mol. The van der Waals surface area contributed by atoms with E-state index in [1.165, 1.54) is 0 Å². The molecule has 1 atom stereocenters. The molecular weight excluding hydrogens is 286 g/mol. The zero-order valence-electron chi connectivity index (χ0n) is 11.7. The van der Waals surface area contributed by atoms with E-state index >= 15 is 0 Å². The van der Waals surface area contributed by atoms with Crippen molar-refractivity contribution in [2.24, 2.45) is 0 Å². The number of pyridine rings is 1. The smallest absolute Gasteiger partial charge is 0.228 e. The molecule has 0 radical (unpaired) electrons. The van der Waals surface area contributed by atoms with Crippen LogP contribution < -0.4 is 10.6 Å². The first kappa shape index (κ1) is 13.9. The summed E-state index contributed by atoms with van der Waals surface area (Å²) in [7, 11) is 0. The van der Waals surface area contributed by atoms with E-state index < -0.39 is 0 Å². The topological polar surface area (TPSA) is 59.2 Å². The van der Waals surface area contributed by atoms with Gasteiger partial charge in [-0.2, -0.15) is 0 Å². The van der Waals surface area contributed by atoms with Crippen molar-refractivity contribution in [1.82, 2.24) is 4.98 Å². The number of rotatable bonds is 2. The standard InChI is InChI=1S/C16H16ClN3O/c1-10(11-3-2-4-12(17)9-11)20-14-6-7-15(18)19-13(14)5-8-16(20)21/h2-4,6-7,9-10H,5,8H2,1H3,(H2,18,19). The summed E-state index contributed by atoms with van der Waals surface area (Å²) in [4.78, 5) is 18.5. The third-order valence-electron chi connectivity index (χ3n) is 3.79. The summed E-state index contributed by atoms with van der Waals surface area (Å²) in [6.45, 7) is 2.00. The third kappa shape index (κ3) is 2.59. The first-order chi connectivity index (χ1) is 10.1. The van der Waals surface area contributed by atoms with Crippen molar-refractivity contribution in [1.29, 1.82) is 0 Å². The number of aromatic nitrogens is 1. The molecule has 0 bridgehead atoms. The van der Waals surface area contributed by atoms with E-state index in [1.807, 2.05) is 37.3 Å². The van der Waals surface area contributed by atoms with Crippen LogP contribution in [-0.2, 0) is 11.2 Å². The number of amides is 1. The fourth-order valence-electron chi connectivity index (χ4n) is 2.73. The lowest BCUT2D eigenvalue weighted by Crippen LogP contribution is -2.37. The first-order valence-corrected chi connectivity index (χ1v) is 7.27. The van der Waals surface area contributed by atoms with Gasteiger partial charge in [-0.3, -0.25) is 4.79 Å². The number of carbonyl (C=O) groups excluding carboxylic acids is 1. The van der Waals surface area contributed by atoms with Crippen molar-refractivity contribution in [3.63, 3.8) is 0 Å². The number of benzene rings is 1. The number of nitrogens with two attached hydrogens (primary N) is 1. The van der Waals surface area contributed by atoms with Crippen LogP contribution in [0.25, 0.3) is 0 Å². The van der Waals surface area contributed by atoms with Gasteiger partial charge in [-0.1, -0.05) is 23.7 Å². The van der Waals surface area contributed by atoms with Crippen molar-refractivity contribution < 1.29 is 4.79 Å². The molecule has 4 nitrogen and oxygen atoms in total. The lowest BCUT2D eigenvalue weighted by molar-refractivity contribution is -0.119. The van der Waals surface area contributed by atoms with E-state index in [0.29, 0.717) is 23.7 Å². The molecule has 1 unspecified atom stereocenters. The Labute approximate surface area is 128 Å². The quantitative estimate of drug-likeness (QED) is 0.925. The zero-order valence-corrected chi connectivity index (χ0v) is 12.5. The van der Waals surface area contributed by atoms with E-state index in [4.69, 9.17) is 17.3 Å². The number of nitrogens with zero attached hydrogens (tertiary/aromatic N) is 2. The lowest BCUT2D eigenvalue weighted by atomic mass is 10.0. The van der Waals surface area contributed by atoms with Crippen LogP contribution in [0.4, 0.5) is 11.5 Å². The number of anilines is 2. The normalized spacial score (nSPS) is 15.7. The molecular formula is C16H16ClN3O. The lowest BCUT2D eigenvalue weighted by Gasteiger charge is -2.34. The van der Waals surface area contributed by atoms with Crippen LogP contribution in [0, 0.1) is 0 Å². The summed E-state index contributed by atoms with van der Waals surface area (Å²) >= 11 is 6.05. The molecule has 2 N–H and O–H groups in total. The average molecular weight is 302 g/mol. The molecule has 1 aliphatic rings. The van der Waals surface area contributed by atoms with Crippen molar-refractivity contribution in [2.75, 3.05) is 10.6 Å². The summed E-state index contributed by atoms with van der Waals surface area (Å²) in [5, 5.41) is 0.666. The molecule has 2 aromatic rings. The van der Waals surface area contributed by atoms with Crippen molar-refractivity contribution in [3.05, 3.63) is 52.7 Å². The number of aryl methyl sites for hydroxylation is 1. The Morgan fingerprint density at radius 3 is 2.86 bits per heavy atom. The Hall–Kier alpha value is -2.07. The molecule has 0 aliphatic carbocycles. The van der Waals surface area contributed by atoms with Crippen molar-refractivity contribution >= 4 is 29.0 Å². The monoisotopic (exact) mass is 301 g/mol. The number of fused-ring (bicyclic) bond motifs is 1. The first-order valence-electron chi connectivity index (χ1n) is 6.89. The molecule has 0 saturated carbocycles. The van der Waals surface area contributed by atoms with Crippen LogP contribution in [0.5, 0.6) is 0 Å². The number of halogens is 1. The molecule has 0 fully saturated rings. The number of nitrogen functional groups attached to an aromatic ring is 1. The molecule has 0 spiro atoms. The van der Waals surface area contributed by atoms with Crippen LogP contribution in [0.1, 0.15) is 30.6 Å². The Kier molecular flexibility index (Phi) is 3.55. The maximum Gasteiger partial charge on any atom is 0.228 e. The second kappa shape index (κ2) is 5.37. The SMILES string of the molecule is CC(c1cccc(Cl)c1)N1C(=O)CCc2nc(N)ccc21. The van der Waals surface area contributed by atoms with Crippen LogP contribution >= 0.6 is 11.6 Å². The molecule has 21 heavy (non-hydrogen) atoms. The van der Waals surface area contributed by atoms with E-state index in [0.717, 1.165) is 16.9 Å². The van der Waals surface area contributed by atoms with Gasteiger partial charge in [-0.25, -0.2) is 4.98 Å². The second-order valence-electron chi connectivity index (χ2n) is 5.20. The van der Waals surface area contributed by atoms with Gasteiger partial charge in [-0.05, 0) is 36.8 Å². The highest BCUT2D eigenvalue weighted by Crippen LogP contribution is 2.34. The van der Waals surface area contributed by atoms with E-state index in [1.54, 1.807) is 11.0 Å². The molecule has 0 saturated heterocycles. The van der Waals surface area contributed by atoms with Crippen LogP contribution in [0.3, 0.4) is 0 Å². The molecule has 1 amide bonds. The maximum absolute atomic E-state index is 12.4. The highest BCUT2D eigenvalue weighted by molar-refractivity contribution is 6.30. The fraction of sp³-hybridized carbons (Fsp3) is 0.250. The predicted octanol–water partition coefficient (Wildman–Crippen LogP) is 3.36. The summed E-state index contributed by atoms with van der Waals surface area (Å²) in [5.41, 5.74) is 8.46. The molecule has 1 aromatic heterocycles. The van der Waals surface area contributed by atoms with Gasteiger partial charge in [-0.15, -0.1) is 0 Å². The minimum Gasteiger partial charge on any atom is -0.384 e. The maximum atomic E-state index is 12.4. The summed E-state index contributed by atoms with van der Waals surface area (Å²) in [5.74, 6) is 0.583. The van der Waals surface area contributed by atoms with Crippen molar-refractivity contribution in [3.8, 4) is 0 Å². The summed E-state index contributed by atoms with van der Waals surface area (Å²) in [6, 6.07) is 11.1. The Bertz CT molecular complexity index is 702. The van der Waals surface area contributed by atoms with Gasteiger partial charge in [0.05, 0.1) is 17.4 Å². The highest BCUT2D eigenvalue weighted by atomic mass is 35.5. The highest BCUT2D eigenvalue weighted by Gasteiger charge is 2.29. The van der Waals surface area contributed by atoms with Crippen LogP contribution in [0.2, 0.25) is 5.02 Å². The van der Waals surface area contributed by atoms with E-state index in [9.17, 15) is 4.79 Å². The number of hydrogen-bond acceptors (Lipinski definition) is 3. The summed E-state index contributed by atoms with van der Waals surface area (Å²) < 4.78 is 0. The Morgan fingerprint density at radius 1 is 1.29 bits per heavy atom. The molecule has 108 valence electrons. The fourth-order valence-corrected chi connectivity index (χ4v) is 2.93. The van der Waals surface area contributed by atoms with Gasteiger partial charge in [0, 0.05) is 17.9 Å². The van der Waals surface area contributed by atoms with Crippen molar-refractivity contribution in [2.45, 2.75) is 25.8 Å². The molecule has 1 aromatic carbocycles. The number of carbonyl (C=O) groups is 1. The van der Waals surface area contributed by atoms with Gasteiger partial charge in [0.15, 0.2) is 0 Å². The number of hydrogen-bond donors (Lipinski definition) is 1. The summed E-state index contributed by atoms with van der Waals surface area (Å²) in [6.07, 6.45) is 1.09. The molecule has 1 aliphatic heterocycles. The van der Waals surface area contributed by atoms with Gasteiger partial charge in [0.2, 0.25) is 5.91 Å². The minimum absolute atomic E-state index is 0.0966. The molecule has 3 rings (SSSR count). The van der Waals surface area contributed by atoms with Crippen LogP contribution in [0.15, 0.2) is 36.4 Å². The van der Waals surface area contributed by atoms with Gasteiger partial charge < -0.3 is 10.6 Å². The van der Waals surface area contributed by atoms with E-state index in [2.05, 4.69) is 4.98 Å². The molecule has 2 heterocycles. The second-order valence-corrected chi connectivity index (χ2v) is 5.63. The minimum atomic E-state index is -0.0966. The average Bonchev–Trinajstić information content (AvgIpc) is 2.47. The van der Waals surface area contributed by atoms with Crippen LogP contribution in [-0.4, -0.2) is 10.9 Å². The largest absolute Gasteiger partial charge is 0.384 e. The Morgan fingerprint density at radius 2 is 2.10 bits per heavy atom. The zero-order chi connectivity index (χ0) is 15.0. The molecule has 5 heteroatoms. The van der Waals surface area contributed by atoms with Gasteiger partial charge >= 0.3 is 0 Å². The van der Waals surface area contributed by atoms with E-state index in [-0.39, 0.29) is 11.9 Å². The van der Waals surface area contributed by atoms with Gasteiger partial charge in [0.1, 0.15) is 5.82 Å². The Balaban J connectivity index is 2.03. The van der Waals surface area contributed by atoms with Gasteiger partial charge in [0.25, 0.3) is 0 Å². The third-order valence-corrected chi connectivity index (χ3v) is 4.03.